The first kappa shape index (κ1) is 17.5. The van der Waals surface area contributed by atoms with Crippen molar-refractivity contribution in [3.63, 3.8) is 0 Å². The molecule has 25 heavy (non-hydrogen) atoms. The van der Waals surface area contributed by atoms with Gasteiger partial charge in [0.2, 0.25) is 5.91 Å². The summed E-state index contributed by atoms with van der Waals surface area (Å²) < 4.78 is 0. The van der Waals surface area contributed by atoms with Gasteiger partial charge in [0.05, 0.1) is 5.92 Å². The van der Waals surface area contributed by atoms with Crippen molar-refractivity contribution in [1.82, 2.24) is 4.90 Å². The maximum absolute atomic E-state index is 12.5. The molecule has 1 aliphatic heterocycles. The number of amides is 1. The van der Waals surface area contributed by atoms with Crippen LogP contribution >= 0.6 is 0 Å². The van der Waals surface area contributed by atoms with E-state index in [0.29, 0.717) is 19.4 Å². The lowest BCUT2D eigenvalue weighted by Crippen LogP contribution is -2.47. The fourth-order valence-corrected chi connectivity index (χ4v) is 3.64. The molecule has 0 bridgehead atoms. The number of carboxylic acids is 1. The monoisotopic (exact) mass is 339 g/mol. The van der Waals surface area contributed by atoms with E-state index in [9.17, 15) is 14.7 Å². The van der Waals surface area contributed by atoms with Crippen LogP contribution in [0.2, 0.25) is 0 Å². The van der Waals surface area contributed by atoms with E-state index in [4.69, 9.17) is 0 Å². The quantitative estimate of drug-likeness (QED) is 0.899. The number of carboxylic acid groups (broad SMARTS) is 1. The fraction of sp³-hybridized carbons (Fsp3) is 0.429. The first-order chi connectivity index (χ1) is 12.0. The predicted molar refractivity (Wildman–Crippen MR) is 98.4 cm³/mol. The first-order valence-corrected chi connectivity index (χ1v) is 9.04. The van der Waals surface area contributed by atoms with Gasteiger partial charge in [0.25, 0.3) is 0 Å². The van der Waals surface area contributed by atoms with Crippen LogP contribution < -0.4 is 0 Å². The number of rotatable bonds is 5. The molecule has 1 aliphatic rings. The number of piperidine rings is 1. The van der Waals surface area contributed by atoms with Crippen molar-refractivity contribution in [2.75, 3.05) is 6.54 Å². The molecule has 1 saturated heterocycles. The number of hydrogen-bond donors (Lipinski definition) is 1. The molecule has 0 saturated carbocycles. The Morgan fingerprint density at radius 1 is 1.12 bits per heavy atom. The highest BCUT2D eigenvalue weighted by Gasteiger charge is 2.32. The third kappa shape index (κ3) is 4.19. The molecular weight excluding hydrogens is 314 g/mol. The van der Waals surface area contributed by atoms with E-state index in [2.05, 4.69) is 30.3 Å². The van der Waals surface area contributed by atoms with Gasteiger partial charge in [0.15, 0.2) is 0 Å². The number of nitrogens with zero attached hydrogens (tertiary/aromatic N) is 1. The highest BCUT2D eigenvalue weighted by atomic mass is 16.4. The van der Waals surface area contributed by atoms with Crippen LogP contribution in [0.15, 0.2) is 42.5 Å². The molecule has 4 nitrogen and oxygen atoms in total. The topological polar surface area (TPSA) is 57.6 Å². The van der Waals surface area contributed by atoms with Gasteiger partial charge in [-0.3, -0.25) is 9.59 Å². The van der Waals surface area contributed by atoms with E-state index in [1.807, 2.05) is 19.1 Å². The Balaban J connectivity index is 1.55. The van der Waals surface area contributed by atoms with Crippen LogP contribution in [-0.2, 0) is 16.0 Å². The van der Waals surface area contributed by atoms with Crippen molar-refractivity contribution in [2.24, 2.45) is 5.92 Å². The second-order valence-corrected chi connectivity index (χ2v) is 7.04. The summed E-state index contributed by atoms with van der Waals surface area (Å²) >= 11 is 0. The van der Waals surface area contributed by atoms with Crippen molar-refractivity contribution in [2.45, 2.75) is 45.1 Å². The van der Waals surface area contributed by atoms with Gasteiger partial charge < -0.3 is 10.0 Å². The standard InChI is InChI=1S/C21H25NO3/c1-15-9-11-19(21(24)25)14-22(15)20(23)8-4-5-16-10-12-17-6-2-3-7-18(17)13-16/h2-3,6-7,10,12-13,15,19H,4-5,8-9,11,14H2,1H3,(H,24,25). The van der Waals surface area contributed by atoms with Gasteiger partial charge in [-0.05, 0) is 48.9 Å². The lowest BCUT2D eigenvalue weighted by atomic mass is 9.93. The van der Waals surface area contributed by atoms with E-state index >= 15 is 0 Å². The summed E-state index contributed by atoms with van der Waals surface area (Å²) in [7, 11) is 0. The Hall–Kier alpha value is -2.36. The molecule has 2 unspecified atom stereocenters. The zero-order chi connectivity index (χ0) is 17.8. The predicted octanol–water partition coefficient (Wildman–Crippen LogP) is 3.87. The highest BCUT2D eigenvalue weighted by molar-refractivity contribution is 5.83. The second-order valence-electron chi connectivity index (χ2n) is 7.04. The number of carbonyl (C=O) groups is 2. The minimum Gasteiger partial charge on any atom is -0.481 e. The summed E-state index contributed by atoms with van der Waals surface area (Å²) in [5.74, 6) is -1.12. The Labute approximate surface area is 148 Å². The van der Waals surface area contributed by atoms with E-state index in [1.165, 1.54) is 16.3 Å². The third-order valence-corrected chi connectivity index (χ3v) is 5.22. The summed E-state index contributed by atoms with van der Waals surface area (Å²) in [6.45, 7) is 2.37. The van der Waals surface area contributed by atoms with Gasteiger partial charge >= 0.3 is 5.97 Å². The molecule has 1 fully saturated rings. The van der Waals surface area contributed by atoms with Gasteiger partial charge in [0.1, 0.15) is 0 Å². The molecule has 4 heteroatoms. The van der Waals surface area contributed by atoms with Crippen LogP contribution in [0.5, 0.6) is 0 Å². The number of benzene rings is 2. The van der Waals surface area contributed by atoms with Crippen molar-refractivity contribution >= 4 is 22.6 Å². The van der Waals surface area contributed by atoms with Crippen LogP contribution in [0.3, 0.4) is 0 Å². The summed E-state index contributed by atoms with van der Waals surface area (Å²) in [6, 6.07) is 14.8. The zero-order valence-corrected chi connectivity index (χ0v) is 14.6. The number of aryl methyl sites for hydroxylation is 1. The Bertz CT molecular complexity index is 771. The van der Waals surface area contributed by atoms with E-state index in [1.54, 1.807) is 4.90 Å². The maximum atomic E-state index is 12.5. The van der Waals surface area contributed by atoms with Crippen LogP contribution in [0, 0.1) is 5.92 Å². The lowest BCUT2D eigenvalue weighted by molar-refractivity contribution is -0.147. The van der Waals surface area contributed by atoms with Crippen molar-refractivity contribution < 1.29 is 14.7 Å². The highest BCUT2D eigenvalue weighted by Crippen LogP contribution is 2.23. The Morgan fingerprint density at radius 3 is 2.64 bits per heavy atom. The number of likely N-dealkylation sites (tertiary alicyclic amines) is 1. The summed E-state index contributed by atoms with van der Waals surface area (Å²) in [4.78, 5) is 25.5. The average Bonchev–Trinajstić information content (AvgIpc) is 2.61. The molecule has 2 atom stereocenters. The van der Waals surface area contributed by atoms with E-state index < -0.39 is 11.9 Å². The molecule has 0 radical (unpaired) electrons. The molecule has 0 aliphatic carbocycles. The zero-order valence-electron chi connectivity index (χ0n) is 14.6. The van der Waals surface area contributed by atoms with E-state index in [0.717, 1.165) is 19.3 Å². The molecule has 1 N–H and O–H groups in total. The summed E-state index contributed by atoms with van der Waals surface area (Å²) in [5, 5.41) is 11.6. The molecule has 2 aromatic rings. The Morgan fingerprint density at radius 2 is 1.88 bits per heavy atom. The Kier molecular flexibility index (Phi) is 5.37. The molecule has 1 amide bonds. The minimum absolute atomic E-state index is 0.0826. The molecule has 132 valence electrons. The normalized spacial score (nSPS) is 20.6. The molecule has 2 aromatic carbocycles. The fourth-order valence-electron chi connectivity index (χ4n) is 3.64. The van der Waals surface area contributed by atoms with Gasteiger partial charge in [-0.1, -0.05) is 42.5 Å². The average molecular weight is 339 g/mol. The van der Waals surface area contributed by atoms with Crippen LogP contribution in [0.25, 0.3) is 10.8 Å². The summed E-state index contributed by atoms with van der Waals surface area (Å²) in [5.41, 5.74) is 1.24. The number of fused-ring (bicyclic) bond motifs is 1. The molecule has 3 rings (SSSR count). The minimum atomic E-state index is -0.791. The van der Waals surface area contributed by atoms with Crippen LogP contribution in [-0.4, -0.2) is 34.5 Å². The smallest absolute Gasteiger partial charge is 0.308 e. The number of hydrogen-bond acceptors (Lipinski definition) is 2. The maximum Gasteiger partial charge on any atom is 0.308 e. The van der Waals surface area contributed by atoms with E-state index in [-0.39, 0.29) is 11.9 Å². The van der Waals surface area contributed by atoms with Gasteiger partial charge in [0, 0.05) is 19.0 Å². The lowest BCUT2D eigenvalue weighted by Gasteiger charge is -2.36. The summed E-state index contributed by atoms with van der Waals surface area (Å²) in [6.07, 6.45) is 3.56. The number of aliphatic carboxylic acids is 1. The first-order valence-electron chi connectivity index (χ1n) is 9.04. The van der Waals surface area contributed by atoms with Crippen LogP contribution in [0.4, 0.5) is 0 Å². The third-order valence-electron chi connectivity index (χ3n) is 5.22. The van der Waals surface area contributed by atoms with Crippen molar-refractivity contribution in [1.29, 1.82) is 0 Å². The molecule has 0 spiro atoms. The van der Waals surface area contributed by atoms with Crippen molar-refractivity contribution in [3.05, 3.63) is 48.0 Å². The SMILES string of the molecule is CC1CCC(C(=O)O)CN1C(=O)CCCc1ccc2ccccc2c1. The second kappa shape index (κ2) is 7.68. The largest absolute Gasteiger partial charge is 0.481 e. The van der Waals surface area contributed by atoms with Gasteiger partial charge in [-0.15, -0.1) is 0 Å². The van der Waals surface area contributed by atoms with Gasteiger partial charge in [-0.25, -0.2) is 0 Å². The van der Waals surface area contributed by atoms with Crippen molar-refractivity contribution in [3.8, 4) is 0 Å². The van der Waals surface area contributed by atoms with Crippen LogP contribution in [0.1, 0.15) is 38.2 Å². The molecular formula is C21H25NO3. The molecule has 0 aromatic heterocycles. The number of carbonyl (C=O) groups excluding carboxylic acids is 1. The van der Waals surface area contributed by atoms with Gasteiger partial charge in [-0.2, -0.15) is 0 Å². The molecule has 1 heterocycles.